The molecule has 0 amide bonds. The van der Waals surface area contributed by atoms with Gasteiger partial charge in [-0.3, -0.25) is 0 Å². The maximum absolute atomic E-state index is 9.27. The molecule has 10 rings (SSSR count). The highest BCUT2D eigenvalue weighted by Crippen LogP contribution is 2.58. The smallest absolute Gasteiger partial charge is 0.456 e. The maximum atomic E-state index is 9.27. The van der Waals surface area contributed by atoms with Crippen LogP contribution < -0.4 is 9.05 Å². The van der Waals surface area contributed by atoms with E-state index in [2.05, 4.69) is 41.1 Å². The van der Waals surface area contributed by atoms with Gasteiger partial charge in [0, 0.05) is 5.56 Å². The minimum Gasteiger partial charge on any atom is -0.508 e. The third kappa shape index (κ3) is 11.8. The quantitative estimate of drug-likeness (QED) is 0.141. The van der Waals surface area contributed by atoms with Gasteiger partial charge in [-0.05, 0) is 93.0 Å². The molecule has 0 bridgehead atoms. The summed E-state index contributed by atoms with van der Waals surface area (Å²) in [6.07, 6.45) is 0. The second-order valence-electron chi connectivity index (χ2n) is 14.4. The zero-order valence-electron chi connectivity index (χ0n) is 34.6. The lowest BCUT2D eigenvalue weighted by Gasteiger charge is -2.23. The van der Waals surface area contributed by atoms with Crippen LogP contribution in [-0.2, 0) is 0 Å². The number of nitrogens with zero attached hydrogens (tertiary/aromatic N) is 3. The summed E-state index contributed by atoms with van der Waals surface area (Å²) < 4.78 is 27.3. The largest absolute Gasteiger partial charge is 0.508 e. The molecule has 0 aromatic heterocycles. The van der Waals surface area contributed by atoms with E-state index in [1.54, 1.807) is 24.3 Å². The molecule has 2 N–H and O–H groups in total. The zero-order chi connectivity index (χ0) is 43.8. The lowest BCUT2D eigenvalue weighted by molar-refractivity contribution is 0.475. The van der Waals surface area contributed by atoms with Gasteiger partial charge in [0.1, 0.15) is 23.0 Å². The normalized spacial score (nSPS) is 12.4. The van der Waals surface area contributed by atoms with E-state index in [-0.39, 0.29) is 0 Å². The summed E-state index contributed by atoms with van der Waals surface area (Å²) in [6.45, 7) is 0. The lowest BCUT2D eigenvalue weighted by atomic mass is 10.1. The molecule has 0 fully saturated rings. The number of hydrogen-bond acceptors (Lipinski definition) is 7. The predicted octanol–water partition coefficient (Wildman–Crippen LogP) is 16.0. The summed E-state index contributed by atoms with van der Waals surface area (Å²) in [5.74, 6) is 2.45. The van der Waals surface area contributed by atoms with Crippen LogP contribution >= 0.6 is 16.2 Å². The van der Waals surface area contributed by atoms with Gasteiger partial charge in [0.2, 0.25) is 0 Å². The van der Waals surface area contributed by atoms with Crippen LogP contribution in [-0.4, -0.2) is 16.0 Å². The van der Waals surface area contributed by atoms with Crippen molar-refractivity contribution in [2.45, 2.75) is 0 Å². The van der Waals surface area contributed by atoms with Crippen molar-refractivity contribution in [3.8, 4) is 67.5 Å². The highest BCUT2D eigenvalue weighted by Gasteiger charge is 2.30. The summed E-state index contributed by atoms with van der Waals surface area (Å²) in [4.78, 5) is 0. The molecule has 9 aromatic carbocycles. The first kappa shape index (κ1) is 42.9. The van der Waals surface area contributed by atoms with Crippen LogP contribution in [0.1, 0.15) is 5.56 Å². The van der Waals surface area contributed by atoms with Gasteiger partial charge < -0.3 is 19.3 Å². The Bertz CT molecular complexity index is 2850. The third-order valence-corrected chi connectivity index (χ3v) is 12.6. The second kappa shape index (κ2) is 21.3. The van der Waals surface area contributed by atoms with E-state index in [0.717, 1.165) is 50.1 Å². The van der Waals surface area contributed by atoms with Crippen LogP contribution in [0.2, 0.25) is 0 Å². The average Bonchev–Trinajstić information content (AvgIpc) is 3.36. The van der Waals surface area contributed by atoms with E-state index in [1.165, 1.54) is 0 Å². The SMILES string of the molecule is Oc1cccc(-c2ccccc2)c1.Oc1cccc(-c2ccccc2)c1.c1ccc(C2=NP(Oc3cccc(-c4ccccc4)c3)(Oc3cccc(-c4ccccc4)c3)=NP=N2)cc1. The van der Waals surface area contributed by atoms with Gasteiger partial charge in [0.15, 0.2) is 14.4 Å². The first-order valence-corrected chi connectivity index (χ1v) is 22.9. The number of rotatable bonds is 9. The van der Waals surface area contributed by atoms with E-state index in [9.17, 15) is 10.2 Å². The molecule has 0 radical (unpaired) electrons. The van der Waals surface area contributed by atoms with E-state index >= 15 is 0 Å². The summed E-state index contributed by atoms with van der Waals surface area (Å²) in [5, 5.41) is 18.5. The van der Waals surface area contributed by atoms with Gasteiger partial charge >= 0.3 is 7.66 Å². The number of hydrogen-bond donors (Lipinski definition) is 2. The Morgan fingerprint density at radius 1 is 0.328 bits per heavy atom. The fourth-order valence-electron chi connectivity index (χ4n) is 6.70. The van der Waals surface area contributed by atoms with Crippen molar-refractivity contribution in [2.75, 3.05) is 0 Å². The molecule has 0 saturated carbocycles. The highest BCUT2D eigenvalue weighted by atomic mass is 31.2. The molecular formula is C55H43N3O4P2. The standard InChI is InChI=1S/C31H23N3O2P2.2C12H10O/c1-4-12-24(13-5-1)27-18-10-20-29(22-27)35-38(33-31(32-37-34-38)26-16-8-3-9-17-26)36-30-21-11-19-28(23-30)25-14-6-2-7-15-25;2*13-12-8-4-7-11(9-12)10-5-2-1-3-6-10/h1-23H;2*1-9,13H. The molecule has 0 saturated heterocycles. The highest BCUT2D eigenvalue weighted by molar-refractivity contribution is 7.60. The average molecular weight is 872 g/mol. The minimum absolute atomic E-state index is 0.307. The number of aromatic hydroxyl groups is 2. The molecule has 1 heterocycles. The van der Waals surface area contributed by atoms with Crippen molar-refractivity contribution in [3.63, 3.8) is 0 Å². The molecule has 9 heteroatoms. The van der Waals surface area contributed by atoms with E-state index in [0.29, 0.717) is 37.4 Å². The van der Waals surface area contributed by atoms with Gasteiger partial charge in [-0.25, -0.2) is 0 Å². The van der Waals surface area contributed by atoms with Crippen molar-refractivity contribution in [1.29, 1.82) is 0 Å². The Labute approximate surface area is 375 Å². The van der Waals surface area contributed by atoms with Gasteiger partial charge in [-0.2, -0.15) is 9.51 Å². The molecule has 0 unspecified atom stereocenters. The van der Waals surface area contributed by atoms with Crippen molar-refractivity contribution >= 4 is 22.0 Å². The molecule has 9 aromatic rings. The zero-order valence-corrected chi connectivity index (χ0v) is 36.4. The van der Waals surface area contributed by atoms with Crippen molar-refractivity contribution in [1.82, 2.24) is 0 Å². The molecule has 0 spiro atoms. The van der Waals surface area contributed by atoms with Gasteiger partial charge in [-0.15, -0.1) is 4.52 Å². The summed E-state index contributed by atoms with van der Waals surface area (Å²) in [7, 11) is -2.68. The lowest BCUT2D eigenvalue weighted by Crippen LogP contribution is -2.05. The number of phenols is 2. The summed E-state index contributed by atoms with van der Waals surface area (Å²) in [5.41, 5.74) is 9.51. The summed E-state index contributed by atoms with van der Waals surface area (Å²) in [6, 6.07) is 80.6. The monoisotopic (exact) mass is 871 g/mol. The maximum Gasteiger partial charge on any atom is 0.456 e. The minimum atomic E-state index is -3.17. The Morgan fingerprint density at radius 2 is 0.641 bits per heavy atom. The molecule has 0 aliphatic carbocycles. The summed E-state index contributed by atoms with van der Waals surface area (Å²) >= 11 is 0. The number of phenolic OH excluding ortho intramolecular Hbond substituents is 2. The van der Waals surface area contributed by atoms with Crippen molar-refractivity contribution < 1.29 is 19.3 Å². The van der Waals surface area contributed by atoms with Crippen LogP contribution in [0.5, 0.6) is 23.0 Å². The molecule has 312 valence electrons. The third-order valence-electron chi connectivity index (χ3n) is 9.78. The molecule has 7 nitrogen and oxygen atoms in total. The number of benzene rings is 9. The Morgan fingerprint density at radius 3 is 1.00 bits per heavy atom. The molecule has 0 atom stereocenters. The van der Waals surface area contributed by atoms with Crippen LogP contribution in [0.25, 0.3) is 44.5 Å². The topological polar surface area (TPSA) is 96.0 Å². The van der Waals surface area contributed by atoms with E-state index in [4.69, 9.17) is 18.3 Å². The van der Waals surface area contributed by atoms with Gasteiger partial charge in [-0.1, -0.05) is 200 Å². The molecule has 1 aliphatic rings. The van der Waals surface area contributed by atoms with E-state index < -0.39 is 7.66 Å². The Balaban J connectivity index is 0.000000174. The van der Waals surface area contributed by atoms with Crippen molar-refractivity contribution in [3.05, 3.63) is 254 Å². The van der Waals surface area contributed by atoms with Crippen LogP contribution in [0.4, 0.5) is 0 Å². The second-order valence-corrected chi connectivity index (χ2v) is 17.0. The Hall–Kier alpha value is -7.82. The molecule has 1 aliphatic heterocycles. The Kier molecular flexibility index (Phi) is 14.3. The van der Waals surface area contributed by atoms with Crippen LogP contribution in [0.3, 0.4) is 0 Å². The van der Waals surface area contributed by atoms with Gasteiger partial charge in [0.25, 0.3) is 0 Å². The first-order valence-electron chi connectivity index (χ1n) is 20.6. The van der Waals surface area contributed by atoms with Crippen molar-refractivity contribution in [2.24, 2.45) is 14.0 Å². The fraction of sp³-hybridized carbons (Fsp3) is 0. The predicted molar refractivity (Wildman–Crippen MR) is 264 cm³/mol. The number of amidine groups is 1. The van der Waals surface area contributed by atoms with E-state index in [1.807, 2.05) is 188 Å². The van der Waals surface area contributed by atoms with Gasteiger partial charge in [0.05, 0.1) is 0 Å². The fourth-order valence-corrected chi connectivity index (χ4v) is 9.33. The first-order chi connectivity index (χ1) is 31.5. The van der Waals surface area contributed by atoms with Crippen LogP contribution in [0.15, 0.2) is 263 Å². The van der Waals surface area contributed by atoms with Crippen LogP contribution in [0, 0.1) is 0 Å². The molecular weight excluding hydrogens is 829 g/mol. The molecule has 64 heavy (non-hydrogen) atoms.